The van der Waals surface area contributed by atoms with Crippen molar-refractivity contribution >= 4 is 16.9 Å². The van der Waals surface area contributed by atoms with Crippen LogP contribution < -0.4 is 10.6 Å². The molecule has 1 unspecified atom stereocenters. The van der Waals surface area contributed by atoms with Crippen LogP contribution in [0.3, 0.4) is 0 Å². The molecule has 3 heterocycles. The Bertz CT molecular complexity index is 847. The summed E-state index contributed by atoms with van der Waals surface area (Å²) in [5.41, 5.74) is 4.02. The van der Waals surface area contributed by atoms with Crippen molar-refractivity contribution in [2.24, 2.45) is 10.9 Å². The number of rotatable bonds is 8. The van der Waals surface area contributed by atoms with E-state index in [9.17, 15) is 0 Å². The second-order valence-electron chi connectivity index (χ2n) is 8.97. The summed E-state index contributed by atoms with van der Waals surface area (Å²) in [5.74, 6) is 1.69. The van der Waals surface area contributed by atoms with Crippen molar-refractivity contribution < 1.29 is 4.74 Å². The summed E-state index contributed by atoms with van der Waals surface area (Å²) in [4.78, 5) is 11.0. The molecule has 0 saturated carbocycles. The van der Waals surface area contributed by atoms with Crippen LogP contribution in [-0.2, 0) is 17.6 Å². The third-order valence-corrected chi connectivity index (χ3v) is 6.73. The number of nitrogens with one attached hydrogen (secondary N) is 3. The zero-order chi connectivity index (χ0) is 21.5. The van der Waals surface area contributed by atoms with Gasteiger partial charge >= 0.3 is 0 Å². The molecule has 6 nitrogen and oxygen atoms in total. The molecular weight excluding hydrogens is 386 g/mol. The van der Waals surface area contributed by atoms with Crippen LogP contribution in [0.25, 0.3) is 10.9 Å². The summed E-state index contributed by atoms with van der Waals surface area (Å²) < 4.78 is 5.53. The van der Waals surface area contributed by atoms with Crippen molar-refractivity contribution in [3.63, 3.8) is 0 Å². The van der Waals surface area contributed by atoms with Crippen LogP contribution in [0.15, 0.2) is 29.4 Å². The number of guanidine groups is 1. The number of piperidine rings is 1. The summed E-state index contributed by atoms with van der Waals surface area (Å²) >= 11 is 0. The number of benzene rings is 1. The zero-order valence-corrected chi connectivity index (χ0v) is 19.3. The van der Waals surface area contributed by atoms with E-state index in [2.05, 4.69) is 58.8 Å². The quantitative estimate of drug-likeness (QED) is 0.448. The largest absolute Gasteiger partial charge is 0.381 e. The maximum Gasteiger partial charge on any atom is 0.191 e. The number of hydrogen-bond acceptors (Lipinski definition) is 3. The minimum absolute atomic E-state index is 0.508. The van der Waals surface area contributed by atoms with E-state index in [1.165, 1.54) is 60.9 Å². The summed E-state index contributed by atoms with van der Waals surface area (Å²) in [5, 5.41) is 8.46. The van der Waals surface area contributed by atoms with Crippen LogP contribution in [0.2, 0.25) is 0 Å². The fraction of sp³-hybridized carbons (Fsp3) is 0.640. The Morgan fingerprint density at radius 2 is 2.06 bits per heavy atom. The predicted octanol–water partition coefficient (Wildman–Crippen LogP) is 3.33. The zero-order valence-electron chi connectivity index (χ0n) is 19.3. The number of hydrogen-bond donors (Lipinski definition) is 3. The Balaban J connectivity index is 1.28. The Kier molecular flexibility index (Phi) is 7.86. The number of para-hydroxylation sites is 1. The lowest BCUT2D eigenvalue weighted by Gasteiger charge is -2.34. The van der Waals surface area contributed by atoms with Gasteiger partial charge in [-0.3, -0.25) is 4.99 Å². The molecule has 31 heavy (non-hydrogen) atoms. The fourth-order valence-corrected chi connectivity index (χ4v) is 4.93. The summed E-state index contributed by atoms with van der Waals surface area (Å²) in [6.07, 6.45) is 7.75. The normalized spacial score (nSPS) is 21.1. The molecule has 1 aromatic heterocycles. The second kappa shape index (κ2) is 11.0. The number of ether oxygens (including phenoxy) is 1. The van der Waals surface area contributed by atoms with E-state index < -0.39 is 0 Å². The number of fused-ring (bicyclic) bond motifs is 1. The first-order valence-corrected chi connectivity index (χ1v) is 12.2. The highest BCUT2D eigenvalue weighted by Crippen LogP contribution is 2.22. The summed E-state index contributed by atoms with van der Waals surface area (Å²) in [6, 6.07) is 7.10. The molecule has 0 amide bonds. The van der Waals surface area contributed by atoms with E-state index in [0.29, 0.717) is 6.04 Å². The van der Waals surface area contributed by atoms with Gasteiger partial charge in [-0.15, -0.1) is 0 Å². The van der Waals surface area contributed by atoms with Crippen LogP contribution in [0.4, 0.5) is 0 Å². The second-order valence-corrected chi connectivity index (χ2v) is 8.97. The van der Waals surface area contributed by atoms with Gasteiger partial charge in [0.05, 0.1) is 6.61 Å². The van der Waals surface area contributed by atoms with Crippen LogP contribution in [0.1, 0.15) is 44.2 Å². The number of aromatic amines is 1. The third-order valence-electron chi connectivity index (χ3n) is 6.73. The number of likely N-dealkylation sites (tertiary alicyclic amines) is 1. The van der Waals surface area contributed by atoms with Gasteiger partial charge in [0.1, 0.15) is 0 Å². The van der Waals surface area contributed by atoms with Gasteiger partial charge in [-0.05, 0) is 56.1 Å². The van der Waals surface area contributed by atoms with Gasteiger partial charge < -0.3 is 25.3 Å². The van der Waals surface area contributed by atoms with E-state index in [-0.39, 0.29) is 0 Å². The van der Waals surface area contributed by atoms with Gasteiger partial charge in [0.25, 0.3) is 0 Å². The summed E-state index contributed by atoms with van der Waals surface area (Å²) in [7, 11) is 0. The fourth-order valence-electron chi connectivity index (χ4n) is 4.93. The smallest absolute Gasteiger partial charge is 0.191 e. The van der Waals surface area contributed by atoms with Gasteiger partial charge in [0, 0.05) is 62.5 Å². The van der Waals surface area contributed by atoms with E-state index >= 15 is 0 Å². The van der Waals surface area contributed by atoms with Gasteiger partial charge in [-0.2, -0.15) is 0 Å². The van der Waals surface area contributed by atoms with Crippen molar-refractivity contribution in [2.45, 2.75) is 52.0 Å². The Morgan fingerprint density at radius 3 is 2.81 bits per heavy atom. The first-order valence-electron chi connectivity index (χ1n) is 12.2. The van der Waals surface area contributed by atoms with Gasteiger partial charge in [0.15, 0.2) is 5.96 Å². The van der Waals surface area contributed by atoms with Crippen molar-refractivity contribution in [1.82, 2.24) is 20.5 Å². The lowest BCUT2D eigenvalue weighted by molar-refractivity contribution is 0.150. The molecule has 3 N–H and O–H groups in total. The van der Waals surface area contributed by atoms with Crippen molar-refractivity contribution in [2.75, 3.05) is 45.9 Å². The van der Waals surface area contributed by atoms with Crippen LogP contribution >= 0.6 is 0 Å². The predicted molar refractivity (Wildman–Crippen MR) is 129 cm³/mol. The number of H-pyrrole nitrogens is 1. The highest BCUT2D eigenvalue weighted by molar-refractivity contribution is 5.86. The SMILES string of the molecule is CCNC(=NCCc1c[nH]c2c(CC)cccc12)NC1CCN(CC2CCOC2)CC1. The topological polar surface area (TPSA) is 64.7 Å². The third kappa shape index (κ3) is 5.80. The molecule has 2 saturated heterocycles. The molecule has 0 bridgehead atoms. The molecule has 170 valence electrons. The highest BCUT2D eigenvalue weighted by Gasteiger charge is 2.24. The lowest BCUT2D eigenvalue weighted by atomic mass is 10.0. The van der Waals surface area contributed by atoms with Crippen LogP contribution in [0.5, 0.6) is 0 Å². The highest BCUT2D eigenvalue weighted by atomic mass is 16.5. The standard InChI is InChI=1S/C25H39N5O/c1-3-20-6-5-7-23-21(16-28-24(20)23)8-12-27-25(26-4-2)29-22-9-13-30(14-10-22)17-19-11-15-31-18-19/h5-7,16,19,22,28H,3-4,8-15,17-18H2,1-2H3,(H2,26,27,29). The van der Waals surface area contributed by atoms with Gasteiger partial charge in [-0.25, -0.2) is 0 Å². The minimum atomic E-state index is 0.508. The molecule has 6 heteroatoms. The Hall–Kier alpha value is -2.05. The van der Waals surface area contributed by atoms with Crippen LogP contribution in [-0.4, -0.2) is 67.8 Å². The summed E-state index contributed by atoms with van der Waals surface area (Å²) in [6.45, 7) is 11.5. The van der Waals surface area contributed by atoms with E-state index in [1.807, 2.05) is 0 Å². The van der Waals surface area contributed by atoms with Gasteiger partial charge in [-0.1, -0.05) is 25.1 Å². The molecule has 2 aliphatic heterocycles. The minimum Gasteiger partial charge on any atom is -0.381 e. The van der Waals surface area contributed by atoms with Crippen LogP contribution in [0, 0.1) is 5.92 Å². The monoisotopic (exact) mass is 425 g/mol. The molecule has 1 aromatic carbocycles. The van der Waals surface area contributed by atoms with Crippen molar-refractivity contribution in [3.8, 4) is 0 Å². The van der Waals surface area contributed by atoms with Crippen molar-refractivity contribution in [3.05, 3.63) is 35.5 Å². The molecule has 0 spiro atoms. The average molecular weight is 426 g/mol. The number of aliphatic imine (C=N–C) groups is 1. The number of nitrogens with zero attached hydrogens (tertiary/aromatic N) is 2. The van der Waals surface area contributed by atoms with E-state index in [1.54, 1.807) is 0 Å². The molecule has 2 aromatic rings. The molecule has 0 radical (unpaired) electrons. The van der Waals surface area contributed by atoms with E-state index in [0.717, 1.165) is 51.0 Å². The lowest BCUT2D eigenvalue weighted by Crippen LogP contribution is -2.49. The van der Waals surface area contributed by atoms with Crippen molar-refractivity contribution in [1.29, 1.82) is 0 Å². The van der Waals surface area contributed by atoms with Gasteiger partial charge in [0.2, 0.25) is 0 Å². The molecule has 4 rings (SSSR count). The van der Waals surface area contributed by atoms with E-state index in [4.69, 9.17) is 9.73 Å². The molecule has 0 aliphatic carbocycles. The first-order chi connectivity index (χ1) is 15.3. The maximum atomic E-state index is 5.53. The maximum absolute atomic E-state index is 5.53. The average Bonchev–Trinajstić information content (AvgIpc) is 3.45. The number of aromatic nitrogens is 1. The number of aryl methyl sites for hydroxylation is 1. The molecule has 1 atom stereocenters. The molecular formula is C25H39N5O. The molecule has 2 fully saturated rings. The Labute approximate surface area is 186 Å². The molecule has 2 aliphatic rings. The Morgan fingerprint density at radius 1 is 1.19 bits per heavy atom. The first kappa shape index (κ1) is 22.2.